The van der Waals surface area contributed by atoms with Gasteiger partial charge < -0.3 is 9.47 Å². The van der Waals surface area contributed by atoms with Gasteiger partial charge in [0.15, 0.2) is 17.1 Å². The monoisotopic (exact) mass is 332 g/mol. The molecule has 0 aliphatic rings. The van der Waals surface area contributed by atoms with Gasteiger partial charge in [0.05, 0.1) is 19.9 Å². The third kappa shape index (κ3) is 2.67. The van der Waals surface area contributed by atoms with E-state index < -0.39 is 0 Å². The van der Waals surface area contributed by atoms with E-state index in [0.717, 1.165) is 28.0 Å². The molecule has 0 radical (unpaired) electrons. The Labute approximate surface area is 144 Å². The number of fused-ring (bicyclic) bond motifs is 1. The summed E-state index contributed by atoms with van der Waals surface area (Å²) in [6, 6.07) is 17.5. The normalized spacial score (nSPS) is 10.8. The number of nitrogens with zero attached hydrogens (tertiary/aromatic N) is 4. The van der Waals surface area contributed by atoms with Crippen LogP contribution in [0, 0.1) is 0 Å². The number of hydrogen-bond acceptors (Lipinski definition) is 5. The van der Waals surface area contributed by atoms with Crippen LogP contribution in [0.4, 0.5) is 0 Å². The Morgan fingerprint density at radius 2 is 1.64 bits per heavy atom. The van der Waals surface area contributed by atoms with Crippen molar-refractivity contribution in [2.24, 2.45) is 0 Å². The second-order valence-corrected chi connectivity index (χ2v) is 5.47. The molecule has 0 aliphatic heterocycles. The van der Waals surface area contributed by atoms with Crippen LogP contribution < -0.4 is 9.47 Å². The zero-order chi connectivity index (χ0) is 17.2. The van der Waals surface area contributed by atoms with Crippen LogP contribution in [0.1, 0.15) is 0 Å². The van der Waals surface area contributed by atoms with Gasteiger partial charge in [0.1, 0.15) is 5.52 Å². The van der Waals surface area contributed by atoms with Gasteiger partial charge in [-0.2, -0.15) is 4.68 Å². The molecule has 6 heteroatoms. The van der Waals surface area contributed by atoms with Crippen LogP contribution in [-0.4, -0.2) is 34.2 Å². The fourth-order valence-corrected chi connectivity index (χ4v) is 2.73. The molecule has 124 valence electrons. The summed E-state index contributed by atoms with van der Waals surface area (Å²) in [5.74, 6) is 1.36. The summed E-state index contributed by atoms with van der Waals surface area (Å²) in [5.41, 5.74) is 4.29. The Kier molecular flexibility index (Phi) is 3.78. The average molecular weight is 332 g/mol. The summed E-state index contributed by atoms with van der Waals surface area (Å²) >= 11 is 0. The molecule has 0 bridgehead atoms. The first-order valence-electron chi connectivity index (χ1n) is 7.79. The molecule has 6 nitrogen and oxygen atoms in total. The van der Waals surface area contributed by atoms with E-state index in [1.165, 1.54) is 0 Å². The lowest BCUT2D eigenvalue weighted by Gasteiger charge is -2.09. The fraction of sp³-hybridized carbons (Fsp3) is 0.105. The van der Waals surface area contributed by atoms with Gasteiger partial charge in [-0.3, -0.25) is 0 Å². The first-order chi connectivity index (χ1) is 12.3. The number of hydrogen-bond donors (Lipinski definition) is 0. The highest BCUT2D eigenvalue weighted by molar-refractivity contribution is 5.79. The molecule has 4 aromatic rings. The first kappa shape index (κ1) is 15.1. The lowest BCUT2D eigenvalue weighted by molar-refractivity contribution is 0.355. The topological polar surface area (TPSA) is 62.1 Å². The summed E-state index contributed by atoms with van der Waals surface area (Å²) in [5, 5.41) is 8.47. The average Bonchev–Trinajstić information content (AvgIpc) is 3.11. The van der Waals surface area contributed by atoms with E-state index in [9.17, 15) is 0 Å². The highest BCUT2D eigenvalue weighted by Crippen LogP contribution is 2.32. The van der Waals surface area contributed by atoms with Crippen LogP contribution in [-0.2, 0) is 0 Å². The zero-order valence-corrected chi connectivity index (χ0v) is 13.9. The Morgan fingerprint density at radius 1 is 0.840 bits per heavy atom. The van der Waals surface area contributed by atoms with Gasteiger partial charge in [0.25, 0.3) is 0 Å². The molecule has 2 heterocycles. The van der Waals surface area contributed by atoms with Gasteiger partial charge in [0, 0.05) is 11.8 Å². The SMILES string of the molecule is COc1ccc(-c2cnc3c(c2)nnn3-c2ccccc2)cc1OC. The third-order valence-corrected chi connectivity index (χ3v) is 4.01. The smallest absolute Gasteiger partial charge is 0.183 e. The molecule has 2 aromatic carbocycles. The molecule has 0 unspecified atom stereocenters. The van der Waals surface area contributed by atoms with Crippen LogP contribution in [0.5, 0.6) is 11.5 Å². The molecule has 0 aliphatic carbocycles. The second kappa shape index (κ2) is 6.24. The predicted octanol–water partition coefficient (Wildman–Crippen LogP) is 3.50. The lowest BCUT2D eigenvalue weighted by Crippen LogP contribution is -1.97. The number of aromatic nitrogens is 4. The van der Waals surface area contributed by atoms with Gasteiger partial charge in [0.2, 0.25) is 0 Å². The Hall–Kier alpha value is -3.41. The van der Waals surface area contributed by atoms with E-state index in [4.69, 9.17) is 9.47 Å². The van der Waals surface area contributed by atoms with E-state index in [-0.39, 0.29) is 0 Å². The van der Waals surface area contributed by atoms with Crippen molar-refractivity contribution >= 4 is 11.2 Å². The van der Waals surface area contributed by atoms with Gasteiger partial charge in [-0.05, 0) is 35.9 Å². The number of para-hydroxylation sites is 1. The highest BCUT2D eigenvalue weighted by Gasteiger charge is 2.11. The predicted molar refractivity (Wildman–Crippen MR) is 95.2 cm³/mol. The van der Waals surface area contributed by atoms with Gasteiger partial charge >= 0.3 is 0 Å². The number of benzene rings is 2. The Morgan fingerprint density at radius 3 is 2.40 bits per heavy atom. The maximum Gasteiger partial charge on any atom is 0.183 e. The summed E-state index contributed by atoms with van der Waals surface area (Å²) < 4.78 is 12.4. The highest BCUT2D eigenvalue weighted by atomic mass is 16.5. The Balaban J connectivity index is 1.78. The quantitative estimate of drug-likeness (QED) is 0.572. The molecule has 4 rings (SSSR count). The molecule has 0 spiro atoms. The van der Waals surface area contributed by atoms with Crippen molar-refractivity contribution in [1.29, 1.82) is 0 Å². The van der Waals surface area contributed by atoms with Crippen molar-refractivity contribution in [3.05, 3.63) is 60.8 Å². The summed E-state index contributed by atoms with van der Waals surface area (Å²) in [7, 11) is 3.24. The minimum Gasteiger partial charge on any atom is -0.493 e. The van der Waals surface area contributed by atoms with E-state index >= 15 is 0 Å². The van der Waals surface area contributed by atoms with Crippen molar-refractivity contribution in [1.82, 2.24) is 20.0 Å². The maximum absolute atomic E-state index is 5.37. The van der Waals surface area contributed by atoms with Crippen LogP contribution in [0.3, 0.4) is 0 Å². The van der Waals surface area contributed by atoms with Crippen LogP contribution in [0.25, 0.3) is 28.0 Å². The molecule has 0 N–H and O–H groups in total. The van der Waals surface area contributed by atoms with Crippen LogP contribution >= 0.6 is 0 Å². The van der Waals surface area contributed by atoms with Gasteiger partial charge in [-0.15, -0.1) is 5.10 Å². The van der Waals surface area contributed by atoms with E-state index in [1.54, 1.807) is 18.9 Å². The van der Waals surface area contributed by atoms with Crippen molar-refractivity contribution in [3.63, 3.8) is 0 Å². The van der Waals surface area contributed by atoms with Crippen molar-refractivity contribution in [2.75, 3.05) is 14.2 Å². The molecule has 0 atom stereocenters. The van der Waals surface area contributed by atoms with Crippen LogP contribution in [0.15, 0.2) is 60.8 Å². The molecule has 0 saturated carbocycles. The minimum atomic E-state index is 0.674. The van der Waals surface area contributed by atoms with E-state index in [0.29, 0.717) is 11.5 Å². The largest absolute Gasteiger partial charge is 0.493 e. The van der Waals surface area contributed by atoms with Crippen molar-refractivity contribution < 1.29 is 9.47 Å². The van der Waals surface area contributed by atoms with Gasteiger partial charge in [-0.1, -0.05) is 29.5 Å². The fourth-order valence-electron chi connectivity index (χ4n) is 2.73. The minimum absolute atomic E-state index is 0.674. The van der Waals surface area contributed by atoms with Crippen LogP contribution in [0.2, 0.25) is 0 Å². The lowest BCUT2D eigenvalue weighted by atomic mass is 10.1. The molecule has 0 amide bonds. The molecule has 25 heavy (non-hydrogen) atoms. The number of rotatable bonds is 4. The molecule has 2 aromatic heterocycles. The molecule has 0 saturated heterocycles. The van der Waals surface area contributed by atoms with E-state index in [1.807, 2.05) is 60.8 Å². The Bertz CT molecular complexity index is 1030. The summed E-state index contributed by atoms with van der Waals surface area (Å²) in [4.78, 5) is 4.56. The number of pyridine rings is 1. The number of ether oxygens (including phenoxy) is 2. The molecule has 0 fully saturated rings. The van der Waals surface area contributed by atoms with Crippen molar-refractivity contribution in [3.8, 4) is 28.3 Å². The summed E-state index contributed by atoms with van der Waals surface area (Å²) in [6.45, 7) is 0. The summed E-state index contributed by atoms with van der Waals surface area (Å²) in [6.07, 6.45) is 1.81. The van der Waals surface area contributed by atoms with Gasteiger partial charge in [-0.25, -0.2) is 4.98 Å². The first-order valence-corrected chi connectivity index (χ1v) is 7.79. The zero-order valence-electron chi connectivity index (χ0n) is 13.9. The molecular formula is C19H16N4O2. The maximum atomic E-state index is 5.37. The van der Waals surface area contributed by atoms with E-state index in [2.05, 4.69) is 15.3 Å². The molecular weight excluding hydrogens is 316 g/mol. The number of methoxy groups -OCH3 is 2. The van der Waals surface area contributed by atoms with Crippen molar-refractivity contribution in [2.45, 2.75) is 0 Å². The second-order valence-electron chi connectivity index (χ2n) is 5.47. The standard InChI is InChI=1S/C19H16N4O2/c1-24-17-9-8-13(11-18(17)25-2)14-10-16-19(20-12-14)23(22-21-16)15-6-4-3-5-7-15/h3-12H,1-2H3. The third-order valence-electron chi connectivity index (χ3n) is 4.01.